The van der Waals surface area contributed by atoms with Gasteiger partial charge in [0.15, 0.2) is 11.6 Å². The number of nitrogens with zero attached hydrogens (tertiary/aromatic N) is 1. The van der Waals surface area contributed by atoms with Gasteiger partial charge in [-0.2, -0.15) is 0 Å². The van der Waals surface area contributed by atoms with Crippen LogP contribution in [-0.4, -0.2) is 10.9 Å². The van der Waals surface area contributed by atoms with Gasteiger partial charge in [-0.15, -0.1) is 22.7 Å². The third-order valence-electron chi connectivity index (χ3n) is 2.67. The fourth-order valence-corrected chi connectivity index (χ4v) is 3.29. The molecular formula is C14H8F2N2OS2. The molecule has 7 heteroatoms. The molecule has 3 aromatic rings. The summed E-state index contributed by atoms with van der Waals surface area (Å²) >= 11 is 2.84. The van der Waals surface area contributed by atoms with E-state index in [-0.39, 0.29) is 11.4 Å². The van der Waals surface area contributed by atoms with Crippen molar-refractivity contribution < 1.29 is 13.6 Å². The first-order chi connectivity index (χ1) is 10.1. The van der Waals surface area contributed by atoms with Crippen molar-refractivity contribution in [3.8, 4) is 9.88 Å². The molecule has 0 bridgehead atoms. The maximum Gasteiger partial charge on any atom is 0.275 e. The lowest BCUT2D eigenvalue weighted by molar-refractivity contribution is 0.102. The summed E-state index contributed by atoms with van der Waals surface area (Å²) in [5.41, 5.74) is -0.0299. The summed E-state index contributed by atoms with van der Waals surface area (Å²) < 4.78 is 26.6. The van der Waals surface area contributed by atoms with Crippen molar-refractivity contribution in [1.29, 1.82) is 0 Å². The number of aromatic nitrogens is 1. The second kappa shape index (κ2) is 5.71. The van der Waals surface area contributed by atoms with Gasteiger partial charge in [0.1, 0.15) is 10.7 Å². The van der Waals surface area contributed by atoms with Crippen LogP contribution in [0.2, 0.25) is 0 Å². The van der Waals surface area contributed by atoms with Gasteiger partial charge in [0.25, 0.3) is 5.91 Å². The van der Waals surface area contributed by atoms with Gasteiger partial charge in [0, 0.05) is 5.38 Å². The normalized spacial score (nSPS) is 10.6. The number of thiazole rings is 1. The molecule has 1 amide bonds. The van der Waals surface area contributed by atoms with E-state index in [2.05, 4.69) is 10.3 Å². The molecule has 106 valence electrons. The topological polar surface area (TPSA) is 42.0 Å². The number of anilines is 1. The Hall–Kier alpha value is -2.12. The third-order valence-corrected chi connectivity index (χ3v) is 4.55. The van der Waals surface area contributed by atoms with Gasteiger partial charge in [0.2, 0.25) is 0 Å². The Kier molecular flexibility index (Phi) is 3.76. The molecular weight excluding hydrogens is 314 g/mol. The smallest absolute Gasteiger partial charge is 0.275 e. The van der Waals surface area contributed by atoms with Gasteiger partial charge in [-0.3, -0.25) is 4.79 Å². The molecule has 1 aromatic carbocycles. The molecule has 2 aromatic heterocycles. The van der Waals surface area contributed by atoms with Gasteiger partial charge in [0.05, 0.1) is 10.6 Å². The van der Waals surface area contributed by atoms with E-state index in [1.54, 1.807) is 5.38 Å². The summed E-state index contributed by atoms with van der Waals surface area (Å²) in [5, 5.41) is 6.54. The van der Waals surface area contributed by atoms with Gasteiger partial charge in [-0.05, 0) is 23.6 Å². The molecule has 0 aliphatic heterocycles. The van der Waals surface area contributed by atoms with E-state index in [0.29, 0.717) is 0 Å². The van der Waals surface area contributed by atoms with Crippen LogP contribution in [0, 0.1) is 11.6 Å². The third kappa shape index (κ3) is 2.84. The van der Waals surface area contributed by atoms with Crippen molar-refractivity contribution in [2.75, 3.05) is 5.32 Å². The average Bonchev–Trinajstić information content (AvgIpc) is 3.13. The summed E-state index contributed by atoms with van der Waals surface area (Å²) in [4.78, 5) is 17.2. The number of amides is 1. The highest BCUT2D eigenvalue weighted by Crippen LogP contribution is 2.28. The lowest BCUT2D eigenvalue weighted by Crippen LogP contribution is -2.13. The Morgan fingerprint density at radius 1 is 1.14 bits per heavy atom. The maximum absolute atomic E-state index is 13.5. The van der Waals surface area contributed by atoms with Crippen LogP contribution >= 0.6 is 22.7 Å². The van der Waals surface area contributed by atoms with Crippen LogP contribution < -0.4 is 5.32 Å². The number of nitrogens with one attached hydrogen (secondary N) is 1. The quantitative estimate of drug-likeness (QED) is 0.776. The minimum Gasteiger partial charge on any atom is -0.318 e. The second-order valence-electron chi connectivity index (χ2n) is 4.07. The zero-order valence-corrected chi connectivity index (χ0v) is 12.1. The first kappa shape index (κ1) is 13.8. The predicted molar refractivity (Wildman–Crippen MR) is 79.7 cm³/mol. The first-order valence-corrected chi connectivity index (χ1v) is 7.66. The van der Waals surface area contributed by atoms with Gasteiger partial charge >= 0.3 is 0 Å². The summed E-state index contributed by atoms with van der Waals surface area (Å²) in [7, 11) is 0. The summed E-state index contributed by atoms with van der Waals surface area (Å²) in [6.07, 6.45) is 0. The molecule has 0 aliphatic carbocycles. The standard InChI is InChI=1S/C14H8F2N2OS2/c15-8-3-1-4-9(12(8)16)17-13(19)10-7-21-14(18-10)11-5-2-6-20-11/h1-7H,(H,17,19). The molecule has 2 heterocycles. The van der Waals surface area contributed by atoms with Crippen molar-refractivity contribution in [2.24, 2.45) is 0 Å². The molecule has 0 fully saturated rings. The molecule has 0 saturated carbocycles. The van der Waals surface area contributed by atoms with E-state index >= 15 is 0 Å². The second-order valence-corrected chi connectivity index (χ2v) is 5.88. The minimum atomic E-state index is -1.08. The Morgan fingerprint density at radius 2 is 2.00 bits per heavy atom. The molecule has 1 N–H and O–H groups in total. The largest absolute Gasteiger partial charge is 0.318 e. The zero-order valence-electron chi connectivity index (χ0n) is 10.5. The van der Waals surface area contributed by atoms with Crippen LogP contribution in [0.25, 0.3) is 9.88 Å². The van der Waals surface area contributed by atoms with Gasteiger partial charge in [-0.25, -0.2) is 13.8 Å². The van der Waals surface area contributed by atoms with Crippen molar-refractivity contribution >= 4 is 34.3 Å². The van der Waals surface area contributed by atoms with Crippen molar-refractivity contribution in [1.82, 2.24) is 4.98 Å². The average molecular weight is 322 g/mol. The Labute approximate surface area is 126 Å². The Bertz CT molecular complexity index is 784. The van der Waals surface area contributed by atoms with E-state index in [1.807, 2.05) is 17.5 Å². The lowest BCUT2D eigenvalue weighted by atomic mass is 10.3. The molecule has 0 radical (unpaired) electrons. The molecule has 0 unspecified atom stereocenters. The van der Waals surface area contributed by atoms with Gasteiger partial charge < -0.3 is 5.32 Å². The van der Waals surface area contributed by atoms with Crippen LogP contribution in [0.3, 0.4) is 0 Å². The molecule has 0 spiro atoms. The highest BCUT2D eigenvalue weighted by Gasteiger charge is 2.15. The maximum atomic E-state index is 13.5. The summed E-state index contributed by atoms with van der Waals surface area (Å²) in [5.74, 6) is -2.66. The molecule has 3 rings (SSSR count). The number of halogens is 2. The van der Waals surface area contributed by atoms with Crippen LogP contribution in [0.1, 0.15) is 10.5 Å². The van der Waals surface area contributed by atoms with Crippen molar-refractivity contribution in [2.45, 2.75) is 0 Å². The lowest BCUT2D eigenvalue weighted by Gasteiger charge is -2.04. The van der Waals surface area contributed by atoms with E-state index in [4.69, 9.17) is 0 Å². The van der Waals surface area contributed by atoms with E-state index in [0.717, 1.165) is 16.0 Å². The predicted octanol–water partition coefficient (Wildman–Crippen LogP) is 4.40. The highest BCUT2D eigenvalue weighted by atomic mass is 32.1. The number of hydrogen-bond acceptors (Lipinski definition) is 4. The number of rotatable bonds is 3. The van der Waals surface area contributed by atoms with Crippen LogP contribution in [0.4, 0.5) is 14.5 Å². The first-order valence-electron chi connectivity index (χ1n) is 5.90. The summed E-state index contributed by atoms with van der Waals surface area (Å²) in [6, 6.07) is 7.40. The number of carbonyl (C=O) groups is 1. The van der Waals surface area contributed by atoms with E-state index in [1.165, 1.54) is 34.8 Å². The van der Waals surface area contributed by atoms with Crippen LogP contribution in [0.15, 0.2) is 41.1 Å². The molecule has 0 aliphatic rings. The fourth-order valence-electron chi connectivity index (χ4n) is 1.68. The van der Waals surface area contributed by atoms with E-state index < -0.39 is 17.5 Å². The Morgan fingerprint density at radius 3 is 2.76 bits per heavy atom. The fraction of sp³-hybridized carbons (Fsp3) is 0. The minimum absolute atomic E-state index is 0.173. The number of thiophene rings is 1. The molecule has 0 atom stereocenters. The Balaban J connectivity index is 1.81. The van der Waals surface area contributed by atoms with Gasteiger partial charge in [-0.1, -0.05) is 12.1 Å². The number of benzene rings is 1. The van der Waals surface area contributed by atoms with Crippen LogP contribution in [0.5, 0.6) is 0 Å². The zero-order chi connectivity index (χ0) is 14.8. The van der Waals surface area contributed by atoms with Crippen molar-refractivity contribution in [3.05, 3.63) is 58.4 Å². The number of hydrogen-bond donors (Lipinski definition) is 1. The van der Waals surface area contributed by atoms with E-state index in [9.17, 15) is 13.6 Å². The highest BCUT2D eigenvalue weighted by molar-refractivity contribution is 7.20. The van der Waals surface area contributed by atoms with Crippen molar-refractivity contribution in [3.63, 3.8) is 0 Å². The molecule has 21 heavy (non-hydrogen) atoms. The monoisotopic (exact) mass is 322 g/mol. The van der Waals surface area contributed by atoms with Crippen LogP contribution in [-0.2, 0) is 0 Å². The SMILES string of the molecule is O=C(Nc1cccc(F)c1F)c1csc(-c2cccs2)n1. The summed E-state index contributed by atoms with van der Waals surface area (Å²) in [6.45, 7) is 0. The molecule has 0 saturated heterocycles. The number of carbonyl (C=O) groups excluding carboxylic acids is 1. The molecule has 3 nitrogen and oxygen atoms in total.